The Balaban J connectivity index is 2.66. The molecule has 0 aliphatic heterocycles. The molecule has 1 aromatic carbocycles. The molecule has 0 heterocycles. The van der Waals surface area contributed by atoms with Crippen LogP contribution in [0.1, 0.15) is 12.5 Å². The maximum absolute atomic E-state index is 12.4. The summed E-state index contributed by atoms with van der Waals surface area (Å²) in [5.41, 5.74) is 1.14. The van der Waals surface area contributed by atoms with Gasteiger partial charge in [-0.05, 0) is 31.0 Å². The molecule has 1 heteroatoms. The van der Waals surface area contributed by atoms with Crippen molar-refractivity contribution in [2.75, 3.05) is 0 Å². The van der Waals surface area contributed by atoms with Crippen LogP contribution in [0.25, 0.3) is 0 Å². The number of hydrogen-bond donors (Lipinski definition) is 0. The topological polar surface area (TPSA) is 0 Å². The molecule has 11 heavy (non-hydrogen) atoms. The van der Waals surface area contributed by atoms with Crippen molar-refractivity contribution in [3.05, 3.63) is 47.8 Å². The van der Waals surface area contributed by atoms with Crippen molar-refractivity contribution in [3.8, 4) is 0 Å². The van der Waals surface area contributed by atoms with Crippen molar-refractivity contribution in [1.29, 1.82) is 0 Å². The highest BCUT2D eigenvalue weighted by atomic mass is 19.1. The molecule has 0 bridgehead atoms. The Morgan fingerprint density at radius 3 is 2.45 bits per heavy atom. The lowest BCUT2D eigenvalue weighted by atomic mass is 10.1. The quantitative estimate of drug-likeness (QED) is 0.568. The van der Waals surface area contributed by atoms with Gasteiger partial charge < -0.3 is 0 Å². The second kappa shape index (κ2) is 3.91. The van der Waals surface area contributed by atoms with Crippen molar-refractivity contribution >= 4 is 0 Å². The van der Waals surface area contributed by atoms with Gasteiger partial charge in [-0.15, -0.1) is 0 Å². The molecule has 0 unspecified atom stereocenters. The van der Waals surface area contributed by atoms with Gasteiger partial charge in [-0.25, -0.2) is 4.39 Å². The molecule has 0 fully saturated rings. The van der Waals surface area contributed by atoms with Gasteiger partial charge in [0, 0.05) is 0 Å². The SMILES string of the molecule is CC=CCc1ccc(F)cc1. The Morgan fingerprint density at radius 2 is 1.91 bits per heavy atom. The molecule has 0 saturated carbocycles. The summed E-state index contributed by atoms with van der Waals surface area (Å²) in [6, 6.07) is 6.57. The molecule has 0 spiro atoms. The second-order valence-corrected chi connectivity index (χ2v) is 2.40. The molecular formula is C10H11F. The van der Waals surface area contributed by atoms with Gasteiger partial charge in [-0.2, -0.15) is 0 Å². The Bertz CT molecular complexity index is 234. The van der Waals surface area contributed by atoms with E-state index in [4.69, 9.17) is 0 Å². The molecule has 0 saturated heterocycles. The first-order valence-corrected chi connectivity index (χ1v) is 3.68. The van der Waals surface area contributed by atoms with Crippen molar-refractivity contribution in [2.24, 2.45) is 0 Å². The number of halogens is 1. The Labute approximate surface area is 66.4 Å². The van der Waals surface area contributed by atoms with Crippen molar-refractivity contribution in [1.82, 2.24) is 0 Å². The van der Waals surface area contributed by atoms with E-state index in [0.29, 0.717) is 0 Å². The molecule has 0 aromatic heterocycles. The lowest BCUT2D eigenvalue weighted by molar-refractivity contribution is 0.627. The number of hydrogen-bond acceptors (Lipinski definition) is 0. The van der Waals surface area contributed by atoms with Crippen LogP contribution in [0.4, 0.5) is 4.39 Å². The lowest BCUT2D eigenvalue weighted by Gasteiger charge is -1.94. The standard InChI is InChI=1S/C10H11F/c1-2-3-4-9-5-7-10(11)8-6-9/h2-3,5-8H,4H2,1H3. The van der Waals surface area contributed by atoms with E-state index in [1.165, 1.54) is 12.1 Å². The van der Waals surface area contributed by atoms with Crippen LogP contribution < -0.4 is 0 Å². The molecule has 1 rings (SSSR count). The first kappa shape index (κ1) is 7.99. The van der Waals surface area contributed by atoms with E-state index < -0.39 is 0 Å². The van der Waals surface area contributed by atoms with Crippen molar-refractivity contribution < 1.29 is 4.39 Å². The van der Waals surface area contributed by atoms with Crippen molar-refractivity contribution in [2.45, 2.75) is 13.3 Å². The maximum Gasteiger partial charge on any atom is 0.123 e. The van der Waals surface area contributed by atoms with E-state index in [1.807, 2.05) is 19.1 Å². The first-order valence-electron chi connectivity index (χ1n) is 3.68. The predicted molar refractivity (Wildman–Crippen MR) is 44.9 cm³/mol. The van der Waals surface area contributed by atoms with E-state index in [2.05, 4.69) is 0 Å². The molecule has 0 aliphatic carbocycles. The minimum absolute atomic E-state index is 0.172. The summed E-state index contributed by atoms with van der Waals surface area (Å²) in [4.78, 5) is 0. The smallest absolute Gasteiger partial charge is 0.123 e. The molecule has 0 radical (unpaired) electrons. The summed E-state index contributed by atoms with van der Waals surface area (Å²) in [5.74, 6) is -0.172. The van der Waals surface area contributed by atoms with Crippen LogP contribution in [0.15, 0.2) is 36.4 Å². The minimum Gasteiger partial charge on any atom is -0.207 e. The fraction of sp³-hybridized carbons (Fsp3) is 0.200. The van der Waals surface area contributed by atoms with Gasteiger partial charge in [0.15, 0.2) is 0 Å². The van der Waals surface area contributed by atoms with Crippen LogP contribution in [0.3, 0.4) is 0 Å². The molecular weight excluding hydrogens is 139 g/mol. The largest absolute Gasteiger partial charge is 0.207 e. The highest BCUT2D eigenvalue weighted by Crippen LogP contribution is 2.03. The third-order valence-electron chi connectivity index (χ3n) is 1.50. The van der Waals surface area contributed by atoms with Gasteiger partial charge in [0.25, 0.3) is 0 Å². The summed E-state index contributed by atoms with van der Waals surface area (Å²) in [6.45, 7) is 1.98. The summed E-state index contributed by atoms with van der Waals surface area (Å²) in [7, 11) is 0. The van der Waals surface area contributed by atoms with Crippen LogP contribution in [-0.2, 0) is 6.42 Å². The minimum atomic E-state index is -0.172. The molecule has 0 amide bonds. The Kier molecular flexibility index (Phi) is 2.84. The third-order valence-corrected chi connectivity index (χ3v) is 1.50. The summed E-state index contributed by atoms with van der Waals surface area (Å²) < 4.78 is 12.4. The third kappa shape index (κ3) is 2.54. The van der Waals surface area contributed by atoms with Gasteiger partial charge in [0.1, 0.15) is 5.82 Å². The van der Waals surface area contributed by atoms with Crippen LogP contribution in [0.2, 0.25) is 0 Å². The van der Waals surface area contributed by atoms with Crippen molar-refractivity contribution in [3.63, 3.8) is 0 Å². The van der Waals surface area contributed by atoms with Gasteiger partial charge in [-0.1, -0.05) is 24.3 Å². The lowest BCUT2D eigenvalue weighted by Crippen LogP contribution is -1.80. The van der Waals surface area contributed by atoms with E-state index >= 15 is 0 Å². The zero-order chi connectivity index (χ0) is 8.10. The van der Waals surface area contributed by atoms with Gasteiger partial charge in [-0.3, -0.25) is 0 Å². The van der Waals surface area contributed by atoms with E-state index in [9.17, 15) is 4.39 Å². The average molecular weight is 150 g/mol. The van der Waals surface area contributed by atoms with Gasteiger partial charge in [0.2, 0.25) is 0 Å². The summed E-state index contributed by atoms with van der Waals surface area (Å²) in [6.07, 6.45) is 4.92. The molecule has 1 aromatic rings. The monoisotopic (exact) mass is 150 g/mol. The molecule has 0 nitrogen and oxygen atoms in total. The van der Waals surface area contributed by atoms with E-state index in [0.717, 1.165) is 12.0 Å². The van der Waals surface area contributed by atoms with E-state index in [-0.39, 0.29) is 5.82 Å². The van der Waals surface area contributed by atoms with Crippen LogP contribution in [0.5, 0.6) is 0 Å². The van der Waals surface area contributed by atoms with Crippen LogP contribution in [0, 0.1) is 5.82 Å². The number of rotatable bonds is 2. The highest BCUT2D eigenvalue weighted by Gasteiger charge is 1.89. The molecule has 0 atom stereocenters. The number of allylic oxidation sites excluding steroid dienone is 2. The van der Waals surface area contributed by atoms with E-state index in [1.54, 1.807) is 12.1 Å². The normalized spacial score (nSPS) is 10.7. The Morgan fingerprint density at radius 1 is 1.27 bits per heavy atom. The summed E-state index contributed by atoms with van der Waals surface area (Å²) >= 11 is 0. The Hall–Kier alpha value is -1.11. The van der Waals surface area contributed by atoms with Crippen LogP contribution in [-0.4, -0.2) is 0 Å². The zero-order valence-corrected chi connectivity index (χ0v) is 6.55. The first-order chi connectivity index (χ1) is 5.33. The average Bonchev–Trinajstić information content (AvgIpc) is 2.04. The number of benzene rings is 1. The highest BCUT2D eigenvalue weighted by molar-refractivity contribution is 5.18. The maximum atomic E-state index is 12.4. The van der Waals surface area contributed by atoms with Gasteiger partial charge in [0.05, 0.1) is 0 Å². The fourth-order valence-electron chi connectivity index (χ4n) is 0.874. The van der Waals surface area contributed by atoms with Gasteiger partial charge >= 0.3 is 0 Å². The second-order valence-electron chi connectivity index (χ2n) is 2.40. The predicted octanol–water partition coefficient (Wildman–Crippen LogP) is 2.94. The fourth-order valence-corrected chi connectivity index (χ4v) is 0.874. The molecule has 58 valence electrons. The van der Waals surface area contributed by atoms with Crippen LogP contribution >= 0.6 is 0 Å². The molecule has 0 N–H and O–H groups in total. The zero-order valence-electron chi connectivity index (χ0n) is 6.55. The molecule has 0 aliphatic rings. The summed E-state index contributed by atoms with van der Waals surface area (Å²) in [5, 5.41) is 0.